The number of hydrogen-bond donors (Lipinski definition) is 1. The lowest BCUT2D eigenvalue weighted by Crippen LogP contribution is -2.31. The molecule has 0 aliphatic carbocycles. The van der Waals surface area contributed by atoms with Crippen LogP contribution in [0, 0.1) is 0 Å². The van der Waals surface area contributed by atoms with Crippen LogP contribution in [0.2, 0.25) is 0 Å². The van der Waals surface area contributed by atoms with E-state index in [4.69, 9.17) is 4.74 Å². The van der Waals surface area contributed by atoms with Gasteiger partial charge in [-0.1, -0.05) is 18.2 Å². The third-order valence-corrected chi connectivity index (χ3v) is 3.50. The summed E-state index contributed by atoms with van der Waals surface area (Å²) in [7, 11) is 3.66. The number of imidazole rings is 1. The molecule has 0 unspecified atom stereocenters. The number of nitrogens with zero attached hydrogens (tertiary/aromatic N) is 3. The van der Waals surface area contributed by atoms with Gasteiger partial charge >= 0.3 is 5.97 Å². The highest BCUT2D eigenvalue weighted by Crippen LogP contribution is 2.29. The molecule has 0 aliphatic rings. The first kappa shape index (κ1) is 16.0. The molecule has 0 bridgehead atoms. The van der Waals surface area contributed by atoms with Gasteiger partial charge in [-0.3, -0.25) is 9.69 Å². The minimum Gasteiger partial charge on any atom is -0.494 e. The smallest absolute Gasteiger partial charge is 0.325 e. The Kier molecular flexibility index (Phi) is 5.16. The van der Waals surface area contributed by atoms with Crippen LogP contribution < -0.4 is 4.74 Å². The summed E-state index contributed by atoms with van der Waals surface area (Å²) in [5.74, 6) is 0.496. The molecular weight excluding hydrogens is 282 g/mol. The van der Waals surface area contributed by atoms with Crippen molar-refractivity contribution in [3.05, 3.63) is 48.0 Å². The summed E-state index contributed by atoms with van der Waals surface area (Å²) < 4.78 is 7.45. The first-order valence-electron chi connectivity index (χ1n) is 7.15. The number of ether oxygens (including phenoxy) is 1. The summed E-state index contributed by atoms with van der Waals surface area (Å²) in [5, 5.41) is 9.66. The van der Waals surface area contributed by atoms with Crippen molar-refractivity contribution in [2.75, 3.05) is 13.7 Å². The third kappa shape index (κ3) is 3.46. The Balaban J connectivity index is 2.30. The van der Waals surface area contributed by atoms with E-state index in [-0.39, 0.29) is 0 Å². The Bertz CT molecular complexity index is 639. The maximum absolute atomic E-state index is 11.8. The molecule has 0 radical (unpaired) electrons. The summed E-state index contributed by atoms with van der Waals surface area (Å²) in [4.78, 5) is 17.8. The zero-order valence-corrected chi connectivity index (χ0v) is 13.1. The molecular formula is C16H21N3O3. The monoisotopic (exact) mass is 303 g/mol. The Morgan fingerprint density at radius 2 is 2.18 bits per heavy atom. The SMILES string of the molecule is CCOc1ccccc1[C@@H](C(=O)O)N(C)Cc1nccn1C. The van der Waals surface area contributed by atoms with Gasteiger partial charge in [0.25, 0.3) is 0 Å². The molecule has 0 saturated heterocycles. The average molecular weight is 303 g/mol. The fourth-order valence-corrected chi connectivity index (χ4v) is 2.42. The molecule has 118 valence electrons. The quantitative estimate of drug-likeness (QED) is 0.848. The Labute approximate surface area is 130 Å². The van der Waals surface area contributed by atoms with Crippen LogP contribution in [0.5, 0.6) is 5.75 Å². The van der Waals surface area contributed by atoms with Gasteiger partial charge < -0.3 is 14.4 Å². The zero-order chi connectivity index (χ0) is 16.1. The van der Waals surface area contributed by atoms with Crippen LogP contribution in [0.15, 0.2) is 36.7 Å². The number of aromatic nitrogens is 2. The normalized spacial score (nSPS) is 12.4. The molecule has 0 amide bonds. The van der Waals surface area contributed by atoms with Crippen LogP contribution in [0.3, 0.4) is 0 Å². The van der Waals surface area contributed by atoms with Crippen LogP contribution in [-0.4, -0.2) is 39.2 Å². The van der Waals surface area contributed by atoms with Crippen LogP contribution >= 0.6 is 0 Å². The van der Waals surface area contributed by atoms with E-state index in [2.05, 4.69) is 4.98 Å². The summed E-state index contributed by atoms with van der Waals surface area (Å²) in [6, 6.07) is 6.45. The maximum atomic E-state index is 11.8. The molecule has 0 aliphatic heterocycles. The number of carboxylic acid groups (broad SMARTS) is 1. The van der Waals surface area contributed by atoms with Crippen molar-refractivity contribution in [2.24, 2.45) is 7.05 Å². The highest BCUT2D eigenvalue weighted by molar-refractivity contribution is 5.76. The molecule has 2 rings (SSSR count). The van der Waals surface area contributed by atoms with Crippen LogP contribution in [0.1, 0.15) is 24.4 Å². The average Bonchev–Trinajstić information content (AvgIpc) is 2.86. The molecule has 1 aromatic heterocycles. The van der Waals surface area contributed by atoms with Gasteiger partial charge in [0, 0.05) is 25.0 Å². The summed E-state index contributed by atoms with van der Waals surface area (Å²) in [5.41, 5.74) is 0.647. The summed E-state index contributed by atoms with van der Waals surface area (Å²) >= 11 is 0. The summed E-state index contributed by atoms with van der Waals surface area (Å²) in [6.45, 7) is 2.80. The van der Waals surface area contributed by atoms with Crippen LogP contribution in [0.25, 0.3) is 0 Å². The first-order valence-corrected chi connectivity index (χ1v) is 7.15. The van der Waals surface area contributed by atoms with Crippen molar-refractivity contribution in [1.82, 2.24) is 14.5 Å². The minimum absolute atomic E-state index is 0.431. The molecule has 1 N–H and O–H groups in total. The summed E-state index contributed by atoms with van der Waals surface area (Å²) in [6.07, 6.45) is 3.54. The van der Waals surface area contributed by atoms with Gasteiger partial charge in [-0.05, 0) is 20.0 Å². The molecule has 6 nitrogen and oxygen atoms in total. The van der Waals surface area contributed by atoms with Crippen molar-refractivity contribution >= 4 is 5.97 Å². The number of benzene rings is 1. The molecule has 0 saturated carbocycles. The van der Waals surface area contributed by atoms with Crippen molar-refractivity contribution in [1.29, 1.82) is 0 Å². The van der Waals surface area contributed by atoms with Gasteiger partial charge in [-0.25, -0.2) is 4.98 Å². The molecule has 1 heterocycles. The van der Waals surface area contributed by atoms with Gasteiger partial charge in [-0.15, -0.1) is 0 Å². The maximum Gasteiger partial charge on any atom is 0.325 e. The number of carbonyl (C=O) groups is 1. The predicted molar refractivity (Wildman–Crippen MR) is 82.7 cm³/mol. The fraction of sp³-hybridized carbons (Fsp3) is 0.375. The molecule has 1 aromatic carbocycles. The first-order chi connectivity index (χ1) is 10.5. The zero-order valence-electron chi connectivity index (χ0n) is 13.1. The van der Waals surface area contributed by atoms with Crippen molar-refractivity contribution in [2.45, 2.75) is 19.5 Å². The van der Waals surface area contributed by atoms with Gasteiger partial charge in [0.15, 0.2) is 0 Å². The minimum atomic E-state index is -0.913. The van der Waals surface area contributed by atoms with E-state index in [1.165, 1.54) is 0 Å². The third-order valence-electron chi connectivity index (χ3n) is 3.50. The second kappa shape index (κ2) is 7.09. The largest absolute Gasteiger partial charge is 0.494 e. The number of carboxylic acids is 1. The lowest BCUT2D eigenvalue weighted by Gasteiger charge is -2.26. The van der Waals surface area contributed by atoms with Crippen LogP contribution in [0.4, 0.5) is 0 Å². The number of para-hydroxylation sites is 1. The molecule has 0 spiro atoms. The second-order valence-corrected chi connectivity index (χ2v) is 5.08. The van der Waals surface area contributed by atoms with Crippen molar-refractivity contribution in [3.8, 4) is 5.75 Å². The van der Waals surface area contributed by atoms with E-state index in [0.29, 0.717) is 24.5 Å². The highest BCUT2D eigenvalue weighted by Gasteiger charge is 2.28. The second-order valence-electron chi connectivity index (χ2n) is 5.08. The number of likely N-dealkylation sites (N-methyl/N-ethyl adjacent to an activating group) is 1. The van der Waals surface area contributed by atoms with Crippen LogP contribution in [-0.2, 0) is 18.4 Å². The Hall–Kier alpha value is -2.34. The number of aliphatic carboxylic acids is 1. The number of hydrogen-bond acceptors (Lipinski definition) is 4. The van der Waals surface area contributed by atoms with E-state index in [9.17, 15) is 9.90 Å². The number of rotatable bonds is 7. The lowest BCUT2D eigenvalue weighted by atomic mass is 10.0. The fourth-order valence-electron chi connectivity index (χ4n) is 2.42. The van der Waals surface area contributed by atoms with E-state index < -0.39 is 12.0 Å². The molecule has 0 fully saturated rings. The lowest BCUT2D eigenvalue weighted by molar-refractivity contribution is -0.143. The Morgan fingerprint density at radius 3 is 2.77 bits per heavy atom. The van der Waals surface area contributed by atoms with Gasteiger partial charge in [0.1, 0.15) is 17.6 Å². The molecule has 1 atom stereocenters. The van der Waals surface area contributed by atoms with Crippen molar-refractivity contribution < 1.29 is 14.6 Å². The molecule has 22 heavy (non-hydrogen) atoms. The van der Waals surface area contributed by atoms with Gasteiger partial charge in [0.2, 0.25) is 0 Å². The Morgan fingerprint density at radius 1 is 1.45 bits per heavy atom. The van der Waals surface area contributed by atoms with Gasteiger partial charge in [-0.2, -0.15) is 0 Å². The van der Waals surface area contributed by atoms with Crippen molar-refractivity contribution in [3.63, 3.8) is 0 Å². The standard InChI is InChI=1S/C16H21N3O3/c1-4-22-13-8-6-5-7-12(13)15(16(20)21)19(3)11-14-17-9-10-18(14)2/h5-10,15H,4,11H2,1-3H3,(H,20,21)/t15-/m0/s1. The van der Waals surface area contributed by atoms with E-state index >= 15 is 0 Å². The molecule has 2 aromatic rings. The van der Waals surface area contributed by atoms with E-state index in [1.54, 1.807) is 30.3 Å². The predicted octanol–water partition coefficient (Wildman–Crippen LogP) is 2.08. The van der Waals surface area contributed by atoms with E-state index in [1.807, 2.05) is 36.9 Å². The topological polar surface area (TPSA) is 67.6 Å². The molecule has 6 heteroatoms. The number of aryl methyl sites for hydroxylation is 1. The van der Waals surface area contributed by atoms with Gasteiger partial charge in [0.05, 0.1) is 13.2 Å². The highest BCUT2D eigenvalue weighted by atomic mass is 16.5. The van der Waals surface area contributed by atoms with E-state index in [0.717, 1.165) is 5.82 Å².